The Labute approximate surface area is 193 Å². The number of allylic oxidation sites excluding steroid dienone is 2. The van der Waals surface area contributed by atoms with Gasteiger partial charge in [0.15, 0.2) is 0 Å². The predicted octanol–water partition coefficient (Wildman–Crippen LogP) is 8.41. The van der Waals surface area contributed by atoms with Crippen LogP contribution in [0.25, 0.3) is 0 Å². The van der Waals surface area contributed by atoms with Crippen LogP contribution in [0.3, 0.4) is 0 Å². The Morgan fingerprint density at radius 1 is 0.935 bits per heavy atom. The third-order valence-electron chi connectivity index (χ3n) is 11.8. The Balaban J connectivity index is 0.00000112. The van der Waals surface area contributed by atoms with Crippen molar-refractivity contribution in [3.63, 3.8) is 0 Å². The van der Waals surface area contributed by atoms with Crippen molar-refractivity contribution in [1.29, 1.82) is 0 Å². The Morgan fingerprint density at radius 2 is 1.58 bits per heavy atom. The molecule has 0 aromatic carbocycles. The fraction of sp³-hybridized carbons (Fsp3) is 0.933. The minimum atomic E-state index is -0.0220. The fourth-order valence-corrected chi connectivity index (χ4v) is 10.4. The largest absolute Gasteiger partial charge is 0.393 e. The summed E-state index contributed by atoms with van der Waals surface area (Å²) in [6.45, 7) is 16.1. The van der Waals surface area contributed by atoms with Gasteiger partial charge in [-0.15, -0.1) is 0 Å². The lowest BCUT2D eigenvalue weighted by molar-refractivity contribution is -0.101. The van der Waals surface area contributed by atoms with E-state index in [1.165, 1.54) is 69.8 Å². The van der Waals surface area contributed by atoms with Crippen LogP contribution in [0, 0.1) is 51.8 Å². The first kappa shape index (κ1) is 23.8. The van der Waals surface area contributed by atoms with E-state index in [1.807, 2.05) is 13.8 Å². The van der Waals surface area contributed by atoms with Gasteiger partial charge in [-0.3, -0.25) is 0 Å². The Hall–Kier alpha value is -0.300. The molecule has 10 atom stereocenters. The molecule has 5 aliphatic rings. The maximum absolute atomic E-state index is 10.5. The molecular weight excluding hydrogens is 376 g/mol. The van der Waals surface area contributed by atoms with Crippen LogP contribution in [0.2, 0.25) is 0 Å². The monoisotopic (exact) mass is 428 g/mol. The first-order valence-electron chi connectivity index (χ1n) is 14.1. The number of rotatable bonds is 4. The highest BCUT2D eigenvalue weighted by Gasteiger charge is 2.78. The quantitative estimate of drug-likeness (QED) is 0.445. The second-order valence-corrected chi connectivity index (χ2v) is 12.9. The molecule has 5 rings (SSSR count). The van der Waals surface area contributed by atoms with E-state index in [0.717, 1.165) is 36.0 Å². The van der Waals surface area contributed by atoms with E-state index in [2.05, 4.69) is 40.7 Å². The summed E-state index contributed by atoms with van der Waals surface area (Å²) in [6, 6.07) is 0. The van der Waals surface area contributed by atoms with E-state index >= 15 is 0 Å². The van der Waals surface area contributed by atoms with Crippen molar-refractivity contribution in [2.75, 3.05) is 0 Å². The van der Waals surface area contributed by atoms with Crippen molar-refractivity contribution in [1.82, 2.24) is 0 Å². The van der Waals surface area contributed by atoms with Gasteiger partial charge in [-0.25, -0.2) is 0 Å². The summed E-state index contributed by atoms with van der Waals surface area (Å²) >= 11 is 0. The average Bonchev–Trinajstić information content (AvgIpc) is 3.29. The van der Waals surface area contributed by atoms with E-state index < -0.39 is 0 Å². The summed E-state index contributed by atoms with van der Waals surface area (Å²) in [5.74, 6) is 5.21. The number of fused-ring (bicyclic) bond motifs is 2. The summed E-state index contributed by atoms with van der Waals surface area (Å²) in [5.41, 5.74) is 3.42. The highest BCUT2D eigenvalue weighted by Crippen LogP contribution is 2.86. The summed E-state index contributed by atoms with van der Waals surface area (Å²) in [4.78, 5) is 0. The first-order chi connectivity index (χ1) is 14.8. The van der Waals surface area contributed by atoms with Gasteiger partial charge < -0.3 is 5.11 Å². The molecule has 5 saturated carbocycles. The molecule has 0 heterocycles. The van der Waals surface area contributed by atoms with Crippen LogP contribution in [0.15, 0.2) is 11.6 Å². The summed E-state index contributed by atoms with van der Waals surface area (Å²) < 4.78 is 0. The molecule has 0 saturated heterocycles. The zero-order valence-corrected chi connectivity index (χ0v) is 21.8. The molecule has 0 aromatic rings. The van der Waals surface area contributed by atoms with Crippen LogP contribution in [0.5, 0.6) is 0 Å². The SMILES string of the molecule is CC.CC(C)=CCCC(C)C1CCC2C3CCC4C(C)C(O)CCC45CC35CCC12C. The van der Waals surface area contributed by atoms with Crippen LogP contribution < -0.4 is 0 Å². The second kappa shape index (κ2) is 8.48. The van der Waals surface area contributed by atoms with Gasteiger partial charge in [-0.05, 0) is 136 Å². The predicted molar refractivity (Wildman–Crippen MR) is 133 cm³/mol. The molecule has 0 radical (unpaired) electrons. The maximum Gasteiger partial charge on any atom is 0.0568 e. The molecule has 0 bridgehead atoms. The van der Waals surface area contributed by atoms with Crippen LogP contribution >= 0.6 is 0 Å². The van der Waals surface area contributed by atoms with E-state index in [-0.39, 0.29) is 6.10 Å². The zero-order valence-electron chi connectivity index (χ0n) is 21.8. The van der Waals surface area contributed by atoms with Crippen LogP contribution in [-0.2, 0) is 0 Å². The summed E-state index contributed by atoms with van der Waals surface area (Å²) in [7, 11) is 0. The normalized spacial score (nSPS) is 50.6. The van der Waals surface area contributed by atoms with Crippen LogP contribution in [0.4, 0.5) is 0 Å². The number of aliphatic hydroxyl groups excluding tert-OH is 1. The molecule has 2 spiro atoms. The van der Waals surface area contributed by atoms with Crippen molar-refractivity contribution in [3.8, 4) is 0 Å². The molecule has 0 aliphatic heterocycles. The minimum Gasteiger partial charge on any atom is -0.393 e. The summed E-state index contributed by atoms with van der Waals surface area (Å²) in [5, 5.41) is 10.5. The molecule has 1 N–H and O–H groups in total. The van der Waals surface area contributed by atoms with Crippen molar-refractivity contribution in [2.45, 2.75) is 125 Å². The molecule has 0 amide bonds. The number of aliphatic hydroxyl groups is 1. The molecule has 5 aliphatic carbocycles. The maximum atomic E-state index is 10.5. The highest BCUT2D eigenvalue weighted by atomic mass is 16.3. The lowest BCUT2D eigenvalue weighted by Crippen LogP contribution is -2.51. The van der Waals surface area contributed by atoms with E-state index in [4.69, 9.17) is 0 Å². The average molecular weight is 429 g/mol. The van der Waals surface area contributed by atoms with E-state index in [1.54, 1.807) is 0 Å². The van der Waals surface area contributed by atoms with Gasteiger partial charge >= 0.3 is 0 Å². The second-order valence-electron chi connectivity index (χ2n) is 12.9. The lowest BCUT2D eigenvalue weighted by Gasteiger charge is -2.57. The van der Waals surface area contributed by atoms with Crippen LogP contribution in [-0.4, -0.2) is 11.2 Å². The van der Waals surface area contributed by atoms with Gasteiger partial charge in [-0.1, -0.05) is 46.3 Å². The Kier molecular flexibility index (Phi) is 6.53. The van der Waals surface area contributed by atoms with Crippen molar-refractivity contribution in [2.24, 2.45) is 51.8 Å². The molecule has 1 nitrogen and oxygen atoms in total. The van der Waals surface area contributed by atoms with E-state index in [9.17, 15) is 5.11 Å². The molecule has 31 heavy (non-hydrogen) atoms. The van der Waals surface area contributed by atoms with Crippen molar-refractivity contribution >= 4 is 0 Å². The molecule has 5 fully saturated rings. The van der Waals surface area contributed by atoms with Gasteiger partial charge in [0.1, 0.15) is 0 Å². The molecule has 1 heteroatoms. The Morgan fingerprint density at radius 3 is 2.29 bits per heavy atom. The molecule has 10 unspecified atom stereocenters. The smallest absolute Gasteiger partial charge is 0.0568 e. The lowest BCUT2D eigenvalue weighted by atomic mass is 9.48. The molecule has 0 aromatic heterocycles. The van der Waals surface area contributed by atoms with Gasteiger partial charge in [-0.2, -0.15) is 0 Å². The fourth-order valence-electron chi connectivity index (χ4n) is 10.4. The Bertz CT molecular complexity index is 676. The third-order valence-corrected chi connectivity index (χ3v) is 11.8. The van der Waals surface area contributed by atoms with Crippen molar-refractivity contribution in [3.05, 3.63) is 11.6 Å². The zero-order chi connectivity index (χ0) is 22.6. The van der Waals surface area contributed by atoms with Gasteiger partial charge in [0.25, 0.3) is 0 Å². The number of hydrogen-bond donors (Lipinski definition) is 1. The number of hydrogen-bond acceptors (Lipinski definition) is 1. The van der Waals surface area contributed by atoms with Crippen molar-refractivity contribution < 1.29 is 5.11 Å². The first-order valence-corrected chi connectivity index (χ1v) is 14.1. The molecule has 178 valence electrons. The summed E-state index contributed by atoms with van der Waals surface area (Å²) in [6.07, 6.45) is 18.0. The van der Waals surface area contributed by atoms with Gasteiger partial charge in [0.2, 0.25) is 0 Å². The standard InChI is InChI=1S/C28H46O.C2H6/c1-18(2)7-6-8-19(3)21-9-11-23-24-12-10-22-20(4)25(29)13-14-27(22)17-28(24,27)16-15-26(21,23)5;1-2/h7,19-25,29H,6,8-17H2,1-5H3;1-2H3. The van der Waals surface area contributed by atoms with Gasteiger partial charge in [0.05, 0.1) is 6.10 Å². The van der Waals surface area contributed by atoms with Gasteiger partial charge in [0, 0.05) is 0 Å². The van der Waals surface area contributed by atoms with Crippen LogP contribution in [0.1, 0.15) is 119 Å². The van der Waals surface area contributed by atoms with E-state index in [0.29, 0.717) is 22.2 Å². The molecular formula is C30H52O. The minimum absolute atomic E-state index is 0.0220. The highest BCUT2D eigenvalue weighted by molar-refractivity contribution is 5.27. The topological polar surface area (TPSA) is 20.2 Å². The third kappa shape index (κ3) is 3.41.